The molecule has 0 atom stereocenters. The van der Waals surface area contributed by atoms with Crippen molar-refractivity contribution >= 4 is 17.2 Å². The molecule has 18 heavy (non-hydrogen) atoms. The molecule has 0 aliphatic carbocycles. The van der Waals surface area contributed by atoms with E-state index in [0.29, 0.717) is 11.5 Å². The van der Waals surface area contributed by atoms with E-state index in [1.54, 1.807) is 10.6 Å². The molecule has 2 aromatic rings. The van der Waals surface area contributed by atoms with Crippen molar-refractivity contribution in [2.75, 3.05) is 13.2 Å². The van der Waals surface area contributed by atoms with E-state index in [0.717, 1.165) is 0 Å². The lowest BCUT2D eigenvalue weighted by atomic mass is 10.4. The summed E-state index contributed by atoms with van der Waals surface area (Å²) in [7, 11) is 0. The second kappa shape index (κ2) is 5.07. The number of hydrogen-bond acceptors (Lipinski definition) is 4. The molecular weight excluding hydrogens is 273 g/mol. The van der Waals surface area contributed by atoms with Crippen molar-refractivity contribution in [3.63, 3.8) is 0 Å². The van der Waals surface area contributed by atoms with E-state index < -0.39 is 12.8 Å². The Morgan fingerprint density at radius 3 is 2.83 bits per heavy atom. The van der Waals surface area contributed by atoms with Gasteiger partial charge in [-0.1, -0.05) is 11.6 Å². The monoisotopic (exact) mass is 280 g/mol. The second-order valence-corrected chi connectivity index (χ2v) is 3.80. The van der Waals surface area contributed by atoms with Crippen molar-refractivity contribution in [3.05, 3.63) is 23.4 Å². The number of aromatic nitrogens is 4. The minimum atomic E-state index is -4.32. The van der Waals surface area contributed by atoms with Gasteiger partial charge < -0.3 is 4.74 Å². The normalized spacial score (nSPS) is 12.2. The number of halogens is 4. The van der Waals surface area contributed by atoms with Crippen LogP contribution in [0.5, 0.6) is 0 Å². The summed E-state index contributed by atoms with van der Waals surface area (Å²) in [6.07, 6.45) is -1.07. The lowest BCUT2D eigenvalue weighted by molar-refractivity contribution is -0.173. The first-order chi connectivity index (χ1) is 8.47. The molecule has 9 heteroatoms. The lowest BCUT2D eigenvalue weighted by Gasteiger charge is -2.06. The van der Waals surface area contributed by atoms with Crippen molar-refractivity contribution in [1.82, 2.24) is 19.6 Å². The van der Waals surface area contributed by atoms with Gasteiger partial charge in [-0.2, -0.15) is 13.2 Å². The van der Waals surface area contributed by atoms with E-state index in [4.69, 9.17) is 11.6 Å². The number of fused-ring (bicyclic) bond motifs is 1. The maximum absolute atomic E-state index is 11.8. The smallest absolute Gasteiger partial charge is 0.372 e. The quantitative estimate of drug-likeness (QED) is 0.803. The van der Waals surface area contributed by atoms with Crippen molar-refractivity contribution in [1.29, 1.82) is 0 Å². The van der Waals surface area contributed by atoms with Crippen molar-refractivity contribution in [2.24, 2.45) is 0 Å². The molecule has 2 rings (SSSR count). The van der Waals surface area contributed by atoms with E-state index in [2.05, 4.69) is 19.9 Å². The summed E-state index contributed by atoms with van der Waals surface area (Å²) in [6.45, 7) is -1.37. The number of nitrogens with zero attached hydrogens (tertiary/aromatic N) is 4. The van der Waals surface area contributed by atoms with Gasteiger partial charge in [-0.3, -0.25) is 4.40 Å². The SMILES string of the molecule is FC(F)(F)COCCc1nnc2c(Cl)nccn12. The third-order valence-corrected chi connectivity index (χ3v) is 2.36. The molecule has 0 aliphatic heterocycles. The van der Waals surface area contributed by atoms with Crippen LogP contribution in [0, 0.1) is 0 Å². The van der Waals surface area contributed by atoms with E-state index in [1.807, 2.05) is 0 Å². The van der Waals surface area contributed by atoms with Gasteiger partial charge in [-0.05, 0) is 0 Å². The predicted molar refractivity (Wildman–Crippen MR) is 56.4 cm³/mol. The summed E-state index contributed by atoms with van der Waals surface area (Å²) in [5.74, 6) is 0.469. The van der Waals surface area contributed by atoms with Gasteiger partial charge in [0.15, 0.2) is 10.8 Å². The summed E-state index contributed by atoms with van der Waals surface area (Å²) in [5.41, 5.74) is 0.366. The molecule has 0 bridgehead atoms. The van der Waals surface area contributed by atoms with Crippen LogP contribution in [0.25, 0.3) is 5.65 Å². The second-order valence-electron chi connectivity index (χ2n) is 3.45. The third kappa shape index (κ3) is 3.08. The predicted octanol–water partition coefficient (Wildman–Crippen LogP) is 1.90. The minimum absolute atomic E-state index is 0.0970. The van der Waals surface area contributed by atoms with Gasteiger partial charge in [0.25, 0.3) is 0 Å². The van der Waals surface area contributed by atoms with Gasteiger partial charge in [0, 0.05) is 18.8 Å². The lowest BCUT2D eigenvalue weighted by Crippen LogP contribution is -2.18. The summed E-state index contributed by atoms with van der Waals surface area (Å²) in [5, 5.41) is 7.79. The summed E-state index contributed by atoms with van der Waals surface area (Å²) < 4.78 is 41.6. The highest BCUT2D eigenvalue weighted by Crippen LogP contribution is 2.15. The van der Waals surface area contributed by atoms with Crippen molar-refractivity contribution < 1.29 is 17.9 Å². The zero-order valence-corrected chi connectivity index (χ0v) is 9.74. The van der Waals surface area contributed by atoms with Gasteiger partial charge in [-0.15, -0.1) is 10.2 Å². The number of alkyl halides is 3. The molecule has 0 radical (unpaired) electrons. The fourth-order valence-corrected chi connectivity index (χ4v) is 1.55. The van der Waals surface area contributed by atoms with Crippen LogP contribution in [0.2, 0.25) is 5.15 Å². The molecule has 0 saturated heterocycles. The standard InChI is InChI=1S/C9H8ClF3N4O/c10-7-8-16-15-6(17(8)3-2-14-7)1-4-18-5-9(11,12)13/h2-3H,1,4-5H2. The highest BCUT2D eigenvalue weighted by atomic mass is 35.5. The van der Waals surface area contributed by atoms with E-state index >= 15 is 0 Å². The number of ether oxygens (including phenoxy) is 1. The zero-order valence-electron chi connectivity index (χ0n) is 8.98. The molecule has 0 amide bonds. The molecule has 2 heterocycles. The van der Waals surface area contributed by atoms with E-state index in [1.165, 1.54) is 6.20 Å². The summed E-state index contributed by atoms with van der Waals surface area (Å²) >= 11 is 5.78. The molecule has 0 saturated carbocycles. The van der Waals surface area contributed by atoms with Crippen LogP contribution in [0.4, 0.5) is 13.2 Å². The average Bonchev–Trinajstić information content (AvgIpc) is 2.68. The highest BCUT2D eigenvalue weighted by Gasteiger charge is 2.27. The maximum Gasteiger partial charge on any atom is 0.411 e. The summed E-state index contributed by atoms with van der Waals surface area (Å²) in [4.78, 5) is 3.81. The molecule has 2 aromatic heterocycles. The fourth-order valence-electron chi connectivity index (χ4n) is 1.37. The van der Waals surface area contributed by atoms with Gasteiger partial charge >= 0.3 is 6.18 Å². The van der Waals surface area contributed by atoms with Crippen molar-refractivity contribution in [2.45, 2.75) is 12.6 Å². The molecule has 5 nitrogen and oxygen atoms in total. The number of rotatable bonds is 4. The molecule has 98 valence electrons. The Labute approximate surface area is 105 Å². The first kappa shape index (κ1) is 13.0. The Balaban J connectivity index is 1.98. The van der Waals surface area contributed by atoms with Crippen LogP contribution in [0.15, 0.2) is 12.4 Å². The Morgan fingerprint density at radius 2 is 2.11 bits per heavy atom. The molecular formula is C9H8ClF3N4O. The van der Waals surface area contributed by atoms with Gasteiger partial charge in [0.05, 0.1) is 6.61 Å². The van der Waals surface area contributed by atoms with Crippen LogP contribution in [0.1, 0.15) is 5.82 Å². The third-order valence-electron chi connectivity index (χ3n) is 2.09. The summed E-state index contributed by atoms with van der Waals surface area (Å²) in [6, 6.07) is 0. The Kier molecular flexibility index (Phi) is 3.67. The van der Waals surface area contributed by atoms with E-state index in [9.17, 15) is 13.2 Å². The maximum atomic E-state index is 11.8. The zero-order chi connectivity index (χ0) is 13.2. The van der Waals surface area contributed by atoms with Crippen LogP contribution < -0.4 is 0 Å². The van der Waals surface area contributed by atoms with Crippen LogP contribution >= 0.6 is 11.6 Å². The van der Waals surface area contributed by atoms with Crippen LogP contribution in [0.3, 0.4) is 0 Å². The van der Waals surface area contributed by atoms with Crippen LogP contribution in [-0.4, -0.2) is 39.0 Å². The molecule has 0 N–H and O–H groups in total. The fraction of sp³-hybridized carbons (Fsp3) is 0.444. The minimum Gasteiger partial charge on any atom is -0.372 e. The van der Waals surface area contributed by atoms with E-state index in [-0.39, 0.29) is 18.2 Å². The average molecular weight is 281 g/mol. The van der Waals surface area contributed by atoms with Gasteiger partial charge in [0.2, 0.25) is 0 Å². The Morgan fingerprint density at radius 1 is 1.33 bits per heavy atom. The molecule has 0 aliphatic rings. The molecule has 0 unspecified atom stereocenters. The van der Waals surface area contributed by atoms with Gasteiger partial charge in [-0.25, -0.2) is 4.98 Å². The number of hydrogen-bond donors (Lipinski definition) is 0. The van der Waals surface area contributed by atoms with Crippen molar-refractivity contribution in [3.8, 4) is 0 Å². The molecule has 0 fully saturated rings. The molecule has 0 spiro atoms. The Hall–Kier alpha value is -1.41. The first-order valence-corrected chi connectivity index (χ1v) is 5.34. The van der Waals surface area contributed by atoms with Crippen LogP contribution in [-0.2, 0) is 11.2 Å². The molecule has 0 aromatic carbocycles. The Bertz CT molecular complexity index is 542. The largest absolute Gasteiger partial charge is 0.411 e. The first-order valence-electron chi connectivity index (χ1n) is 4.96. The highest BCUT2D eigenvalue weighted by molar-refractivity contribution is 6.32. The topological polar surface area (TPSA) is 52.3 Å². The van der Waals surface area contributed by atoms with Gasteiger partial charge in [0.1, 0.15) is 12.4 Å².